The summed E-state index contributed by atoms with van der Waals surface area (Å²) in [6, 6.07) is 8.31. The van der Waals surface area contributed by atoms with Gasteiger partial charge >= 0.3 is 0 Å². The average Bonchev–Trinajstić information content (AvgIpc) is 2.43. The minimum Gasteiger partial charge on any atom is -0.322 e. The first-order chi connectivity index (χ1) is 9.88. The summed E-state index contributed by atoms with van der Waals surface area (Å²) in [5, 5.41) is 13.3. The van der Waals surface area contributed by atoms with E-state index in [1.165, 1.54) is 30.3 Å². The molecule has 0 spiro atoms. The number of nitro benzene ring substituents is 1. The van der Waals surface area contributed by atoms with Gasteiger partial charge in [-0.2, -0.15) is 0 Å². The molecule has 7 heteroatoms. The number of benzene rings is 2. The van der Waals surface area contributed by atoms with E-state index in [1.54, 1.807) is 13.0 Å². The van der Waals surface area contributed by atoms with Gasteiger partial charge in [0.25, 0.3) is 11.6 Å². The van der Waals surface area contributed by atoms with Crippen LogP contribution in [0.15, 0.2) is 40.9 Å². The van der Waals surface area contributed by atoms with Crippen LogP contribution in [0.2, 0.25) is 0 Å². The molecule has 0 bridgehead atoms. The van der Waals surface area contributed by atoms with E-state index in [9.17, 15) is 19.3 Å². The molecule has 108 valence electrons. The van der Waals surface area contributed by atoms with Gasteiger partial charge < -0.3 is 5.32 Å². The van der Waals surface area contributed by atoms with Crippen LogP contribution in [0.5, 0.6) is 0 Å². The van der Waals surface area contributed by atoms with Gasteiger partial charge in [-0.05, 0) is 47.1 Å². The Bertz CT molecular complexity index is 734. The SMILES string of the molecule is Cc1ccc(F)c(C(=O)Nc2ccc(Br)c([N+](=O)[O-])c2)c1. The number of hydrogen-bond acceptors (Lipinski definition) is 3. The number of hydrogen-bond donors (Lipinski definition) is 1. The van der Waals surface area contributed by atoms with Crippen LogP contribution in [0, 0.1) is 22.9 Å². The molecule has 0 heterocycles. The molecular weight excluding hydrogens is 343 g/mol. The number of halogens is 2. The van der Waals surface area contributed by atoms with Crippen LogP contribution in [0.25, 0.3) is 0 Å². The van der Waals surface area contributed by atoms with Crippen LogP contribution in [0.4, 0.5) is 15.8 Å². The summed E-state index contributed by atoms with van der Waals surface area (Å²) in [4.78, 5) is 22.3. The predicted molar refractivity (Wildman–Crippen MR) is 79.9 cm³/mol. The van der Waals surface area contributed by atoms with Crippen molar-refractivity contribution in [3.05, 3.63) is 67.9 Å². The molecule has 1 amide bonds. The minimum absolute atomic E-state index is 0.111. The van der Waals surface area contributed by atoms with Gasteiger partial charge in [0.15, 0.2) is 0 Å². The molecule has 0 aliphatic rings. The third kappa shape index (κ3) is 3.43. The van der Waals surface area contributed by atoms with Crippen LogP contribution in [-0.4, -0.2) is 10.8 Å². The first kappa shape index (κ1) is 15.1. The summed E-state index contributed by atoms with van der Waals surface area (Å²) < 4.78 is 13.9. The highest BCUT2D eigenvalue weighted by atomic mass is 79.9. The number of amides is 1. The second kappa shape index (κ2) is 6.01. The Hall–Kier alpha value is -2.28. The molecule has 2 aromatic carbocycles. The van der Waals surface area contributed by atoms with E-state index in [0.29, 0.717) is 4.47 Å². The van der Waals surface area contributed by atoms with E-state index < -0.39 is 16.6 Å². The Morgan fingerprint density at radius 3 is 2.67 bits per heavy atom. The van der Waals surface area contributed by atoms with Gasteiger partial charge in [0, 0.05) is 11.8 Å². The monoisotopic (exact) mass is 352 g/mol. The van der Waals surface area contributed by atoms with E-state index in [4.69, 9.17) is 0 Å². The molecule has 0 saturated heterocycles. The summed E-state index contributed by atoms with van der Waals surface area (Å²) in [7, 11) is 0. The molecule has 0 saturated carbocycles. The van der Waals surface area contributed by atoms with Crippen LogP contribution in [-0.2, 0) is 0 Å². The third-order valence-electron chi connectivity index (χ3n) is 2.77. The molecule has 0 aliphatic carbocycles. The summed E-state index contributed by atoms with van der Waals surface area (Å²) >= 11 is 3.05. The van der Waals surface area contributed by atoms with E-state index in [-0.39, 0.29) is 16.9 Å². The lowest BCUT2D eigenvalue weighted by Gasteiger charge is -2.07. The normalized spacial score (nSPS) is 10.2. The van der Waals surface area contributed by atoms with Crippen molar-refractivity contribution < 1.29 is 14.1 Å². The van der Waals surface area contributed by atoms with Crippen molar-refractivity contribution in [3.8, 4) is 0 Å². The number of aryl methyl sites for hydroxylation is 1. The summed E-state index contributed by atoms with van der Waals surface area (Å²) in [5.41, 5.74) is 0.664. The molecule has 21 heavy (non-hydrogen) atoms. The molecule has 1 N–H and O–H groups in total. The molecule has 0 aromatic heterocycles. The highest BCUT2D eigenvalue weighted by Gasteiger charge is 2.16. The largest absolute Gasteiger partial charge is 0.322 e. The van der Waals surface area contributed by atoms with Crippen molar-refractivity contribution in [2.75, 3.05) is 5.32 Å². The number of anilines is 1. The Kier molecular flexibility index (Phi) is 4.32. The Morgan fingerprint density at radius 1 is 1.29 bits per heavy atom. The Balaban J connectivity index is 2.29. The fourth-order valence-corrected chi connectivity index (χ4v) is 2.13. The Morgan fingerprint density at radius 2 is 2.00 bits per heavy atom. The molecule has 0 aliphatic heterocycles. The van der Waals surface area contributed by atoms with Crippen molar-refractivity contribution in [2.24, 2.45) is 0 Å². The van der Waals surface area contributed by atoms with Crippen molar-refractivity contribution >= 4 is 33.2 Å². The molecule has 0 radical (unpaired) electrons. The first-order valence-electron chi connectivity index (χ1n) is 5.90. The highest BCUT2D eigenvalue weighted by Crippen LogP contribution is 2.28. The van der Waals surface area contributed by atoms with Crippen LogP contribution >= 0.6 is 15.9 Å². The summed E-state index contributed by atoms with van der Waals surface area (Å²) in [6.45, 7) is 1.74. The number of nitrogens with zero attached hydrogens (tertiary/aromatic N) is 1. The van der Waals surface area contributed by atoms with Gasteiger partial charge in [-0.25, -0.2) is 4.39 Å². The second-order valence-electron chi connectivity index (χ2n) is 4.36. The number of nitrogens with one attached hydrogen (secondary N) is 1. The van der Waals surface area contributed by atoms with E-state index in [1.807, 2.05) is 0 Å². The lowest BCUT2D eigenvalue weighted by atomic mass is 10.1. The van der Waals surface area contributed by atoms with Crippen molar-refractivity contribution in [1.82, 2.24) is 0 Å². The zero-order valence-electron chi connectivity index (χ0n) is 10.9. The van der Waals surface area contributed by atoms with E-state index in [2.05, 4.69) is 21.2 Å². The van der Waals surface area contributed by atoms with Crippen LogP contribution in [0.3, 0.4) is 0 Å². The summed E-state index contributed by atoms with van der Waals surface area (Å²) in [5.74, 6) is -1.31. The molecule has 2 aromatic rings. The van der Waals surface area contributed by atoms with Gasteiger partial charge in [0.05, 0.1) is 15.0 Å². The number of carbonyl (C=O) groups excluding carboxylic acids is 1. The quantitative estimate of drug-likeness (QED) is 0.668. The van der Waals surface area contributed by atoms with Crippen molar-refractivity contribution in [3.63, 3.8) is 0 Å². The molecule has 5 nitrogen and oxygen atoms in total. The standard InChI is InChI=1S/C14H10BrFN2O3/c1-8-2-5-12(16)10(6-8)14(19)17-9-3-4-11(15)13(7-9)18(20)21/h2-7H,1H3,(H,17,19). The fraction of sp³-hybridized carbons (Fsp3) is 0.0714. The highest BCUT2D eigenvalue weighted by molar-refractivity contribution is 9.10. The first-order valence-corrected chi connectivity index (χ1v) is 6.69. The van der Waals surface area contributed by atoms with Gasteiger partial charge in [0.2, 0.25) is 0 Å². The van der Waals surface area contributed by atoms with E-state index in [0.717, 1.165) is 5.56 Å². The number of rotatable bonds is 3. The van der Waals surface area contributed by atoms with Gasteiger partial charge in [-0.15, -0.1) is 0 Å². The zero-order chi connectivity index (χ0) is 15.6. The van der Waals surface area contributed by atoms with Crippen LogP contribution in [0.1, 0.15) is 15.9 Å². The average molecular weight is 353 g/mol. The maximum Gasteiger partial charge on any atom is 0.285 e. The van der Waals surface area contributed by atoms with E-state index >= 15 is 0 Å². The van der Waals surface area contributed by atoms with Crippen molar-refractivity contribution in [2.45, 2.75) is 6.92 Å². The number of nitro groups is 1. The lowest BCUT2D eigenvalue weighted by Crippen LogP contribution is -2.14. The topological polar surface area (TPSA) is 72.2 Å². The van der Waals surface area contributed by atoms with Crippen molar-refractivity contribution in [1.29, 1.82) is 0 Å². The number of carbonyl (C=O) groups is 1. The predicted octanol–water partition coefficient (Wildman–Crippen LogP) is 4.06. The molecule has 0 fully saturated rings. The van der Waals surface area contributed by atoms with Gasteiger partial charge in [-0.1, -0.05) is 11.6 Å². The second-order valence-corrected chi connectivity index (χ2v) is 5.22. The Labute approximate surface area is 128 Å². The molecular formula is C14H10BrFN2O3. The lowest BCUT2D eigenvalue weighted by molar-refractivity contribution is -0.385. The minimum atomic E-state index is -0.659. The summed E-state index contributed by atoms with van der Waals surface area (Å²) in [6.07, 6.45) is 0. The molecule has 0 atom stereocenters. The van der Waals surface area contributed by atoms with Gasteiger partial charge in [0.1, 0.15) is 5.82 Å². The third-order valence-corrected chi connectivity index (χ3v) is 3.44. The zero-order valence-corrected chi connectivity index (χ0v) is 12.5. The van der Waals surface area contributed by atoms with Gasteiger partial charge in [-0.3, -0.25) is 14.9 Å². The molecule has 0 unspecified atom stereocenters. The fourth-order valence-electron chi connectivity index (χ4n) is 1.74. The molecule has 2 rings (SSSR count). The van der Waals surface area contributed by atoms with Crippen LogP contribution < -0.4 is 5.32 Å². The smallest absolute Gasteiger partial charge is 0.285 e. The maximum absolute atomic E-state index is 13.6. The maximum atomic E-state index is 13.6.